The lowest BCUT2D eigenvalue weighted by Crippen LogP contribution is -2.27. The average Bonchev–Trinajstić information content (AvgIpc) is 2.30. The SMILES string of the molecule is COC(=O)C(C)Nc1cc(C(=O)O)ccc1C. The summed E-state index contributed by atoms with van der Waals surface area (Å²) in [6, 6.07) is 4.18. The number of hydrogen-bond donors (Lipinski definition) is 2. The third-order valence-electron chi connectivity index (χ3n) is 2.41. The van der Waals surface area contributed by atoms with Crippen LogP contribution in [0.25, 0.3) is 0 Å². The van der Waals surface area contributed by atoms with Gasteiger partial charge in [0.15, 0.2) is 0 Å². The van der Waals surface area contributed by atoms with E-state index in [9.17, 15) is 9.59 Å². The molecule has 0 aliphatic carbocycles. The maximum absolute atomic E-state index is 11.2. The van der Waals surface area contributed by atoms with Crippen LogP contribution in [0.3, 0.4) is 0 Å². The first-order valence-electron chi connectivity index (χ1n) is 5.14. The van der Waals surface area contributed by atoms with Gasteiger partial charge in [-0.3, -0.25) is 0 Å². The van der Waals surface area contributed by atoms with Crippen LogP contribution < -0.4 is 5.32 Å². The van der Waals surface area contributed by atoms with Crippen molar-refractivity contribution in [2.75, 3.05) is 12.4 Å². The van der Waals surface area contributed by atoms with Gasteiger partial charge in [0.05, 0.1) is 12.7 Å². The second kappa shape index (κ2) is 5.34. The van der Waals surface area contributed by atoms with Crippen molar-refractivity contribution in [2.24, 2.45) is 0 Å². The largest absolute Gasteiger partial charge is 0.478 e. The number of nitrogens with one attached hydrogen (secondary N) is 1. The minimum absolute atomic E-state index is 0.176. The number of carboxylic acids is 1. The maximum atomic E-state index is 11.2. The molecule has 1 atom stereocenters. The number of aromatic carboxylic acids is 1. The first kappa shape index (κ1) is 13.0. The third kappa shape index (κ3) is 3.21. The number of esters is 1. The number of ether oxygens (including phenoxy) is 1. The molecule has 0 saturated heterocycles. The Labute approximate surface area is 99.4 Å². The van der Waals surface area contributed by atoms with E-state index >= 15 is 0 Å². The van der Waals surface area contributed by atoms with E-state index in [1.165, 1.54) is 19.2 Å². The molecule has 0 amide bonds. The molecule has 1 aromatic carbocycles. The molecule has 1 unspecified atom stereocenters. The van der Waals surface area contributed by atoms with E-state index < -0.39 is 18.0 Å². The Kier molecular flexibility index (Phi) is 4.09. The van der Waals surface area contributed by atoms with Crippen LogP contribution in [0.2, 0.25) is 0 Å². The van der Waals surface area contributed by atoms with Gasteiger partial charge in [0.2, 0.25) is 0 Å². The molecule has 5 heteroatoms. The number of hydrogen-bond acceptors (Lipinski definition) is 4. The predicted molar refractivity (Wildman–Crippen MR) is 63.2 cm³/mol. The van der Waals surface area contributed by atoms with E-state index in [-0.39, 0.29) is 5.56 Å². The quantitative estimate of drug-likeness (QED) is 0.779. The lowest BCUT2D eigenvalue weighted by Gasteiger charge is -2.15. The van der Waals surface area contributed by atoms with Crippen LogP contribution in [0.4, 0.5) is 5.69 Å². The summed E-state index contributed by atoms with van der Waals surface area (Å²) >= 11 is 0. The Morgan fingerprint density at radius 2 is 2.06 bits per heavy atom. The number of anilines is 1. The molecule has 0 radical (unpaired) electrons. The van der Waals surface area contributed by atoms with E-state index in [0.717, 1.165) is 5.56 Å². The van der Waals surface area contributed by atoms with Gasteiger partial charge in [-0.15, -0.1) is 0 Å². The zero-order valence-corrected chi connectivity index (χ0v) is 9.98. The molecule has 2 N–H and O–H groups in total. The van der Waals surface area contributed by atoms with E-state index in [1.54, 1.807) is 13.0 Å². The van der Waals surface area contributed by atoms with Gasteiger partial charge >= 0.3 is 11.9 Å². The smallest absolute Gasteiger partial charge is 0.335 e. The van der Waals surface area contributed by atoms with E-state index in [0.29, 0.717) is 5.69 Å². The Morgan fingerprint density at radius 3 is 2.59 bits per heavy atom. The monoisotopic (exact) mass is 237 g/mol. The molecule has 0 spiro atoms. The highest BCUT2D eigenvalue weighted by atomic mass is 16.5. The Bertz CT molecular complexity index is 442. The highest BCUT2D eigenvalue weighted by Gasteiger charge is 2.14. The van der Waals surface area contributed by atoms with Gasteiger partial charge in [0.1, 0.15) is 6.04 Å². The normalized spacial score (nSPS) is 11.7. The van der Waals surface area contributed by atoms with Crippen molar-refractivity contribution in [2.45, 2.75) is 19.9 Å². The number of rotatable bonds is 4. The highest BCUT2D eigenvalue weighted by Crippen LogP contribution is 2.18. The molecule has 5 nitrogen and oxygen atoms in total. The summed E-state index contributed by atoms with van der Waals surface area (Å²) < 4.78 is 4.58. The van der Waals surface area contributed by atoms with Crippen molar-refractivity contribution in [3.05, 3.63) is 29.3 Å². The number of carbonyl (C=O) groups is 2. The lowest BCUT2D eigenvalue weighted by atomic mass is 10.1. The molecule has 0 aliphatic rings. The minimum Gasteiger partial charge on any atom is -0.478 e. The van der Waals surface area contributed by atoms with Gasteiger partial charge in [-0.2, -0.15) is 0 Å². The third-order valence-corrected chi connectivity index (χ3v) is 2.41. The summed E-state index contributed by atoms with van der Waals surface area (Å²) in [6.45, 7) is 3.48. The second-order valence-corrected chi connectivity index (χ2v) is 3.72. The summed E-state index contributed by atoms with van der Waals surface area (Å²) in [4.78, 5) is 22.1. The predicted octanol–water partition coefficient (Wildman–Crippen LogP) is 1.67. The zero-order valence-electron chi connectivity index (χ0n) is 9.98. The zero-order chi connectivity index (χ0) is 13.0. The van der Waals surface area contributed by atoms with Crippen LogP contribution in [-0.4, -0.2) is 30.2 Å². The van der Waals surface area contributed by atoms with E-state index in [2.05, 4.69) is 10.1 Å². The van der Waals surface area contributed by atoms with Crippen molar-refractivity contribution >= 4 is 17.6 Å². The molecule has 0 heterocycles. The summed E-state index contributed by atoms with van der Waals surface area (Å²) in [7, 11) is 1.31. The van der Waals surface area contributed by atoms with Crippen LogP contribution in [0.1, 0.15) is 22.8 Å². The molecular formula is C12H15NO4. The van der Waals surface area contributed by atoms with Gasteiger partial charge < -0.3 is 15.2 Å². The van der Waals surface area contributed by atoms with Crippen LogP contribution in [0.5, 0.6) is 0 Å². The molecule has 0 aromatic heterocycles. The standard InChI is InChI=1S/C12H15NO4/c1-7-4-5-9(11(14)15)6-10(7)13-8(2)12(16)17-3/h4-6,8,13H,1-3H3,(H,14,15). The fourth-order valence-electron chi connectivity index (χ4n) is 1.38. The van der Waals surface area contributed by atoms with Crippen molar-refractivity contribution in [3.63, 3.8) is 0 Å². The molecule has 1 aromatic rings. The first-order chi connectivity index (χ1) is 7.95. The first-order valence-corrected chi connectivity index (χ1v) is 5.14. The van der Waals surface area contributed by atoms with Crippen molar-refractivity contribution in [1.29, 1.82) is 0 Å². The number of benzene rings is 1. The summed E-state index contributed by atoms with van der Waals surface area (Å²) in [5.74, 6) is -1.40. The number of carbonyl (C=O) groups excluding carboxylic acids is 1. The second-order valence-electron chi connectivity index (χ2n) is 3.72. The Balaban J connectivity index is 2.93. The Hall–Kier alpha value is -2.04. The molecule has 1 rings (SSSR count). The van der Waals surface area contributed by atoms with Gasteiger partial charge in [0, 0.05) is 5.69 Å². The summed E-state index contributed by atoms with van der Waals surface area (Å²) in [6.07, 6.45) is 0. The van der Waals surface area contributed by atoms with Crippen molar-refractivity contribution in [1.82, 2.24) is 0 Å². The number of methoxy groups -OCH3 is 1. The number of carboxylic acid groups (broad SMARTS) is 1. The molecular weight excluding hydrogens is 222 g/mol. The van der Waals surface area contributed by atoms with Gasteiger partial charge in [0.25, 0.3) is 0 Å². The van der Waals surface area contributed by atoms with E-state index in [4.69, 9.17) is 5.11 Å². The average molecular weight is 237 g/mol. The van der Waals surface area contributed by atoms with Crippen molar-refractivity contribution in [3.8, 4) is 0 Å². The van der Waals surface area contributed by atoms with Gasteiger partial charge in [-0.1, -0.05) is 6.07 Å². The molecule has 0 aliphatic heterocycles. The molecule has 0 fully saturated rings. The van der Waals surface area contributed by atoms with Crippen LogP contribution in [0.15, 0.2) is 18.2 Å². The molecule has 17 heavy (non-hydrogen) atoms. The van der Waals surface area contributed by atoms with Crippen LogP contribution in [0, 0.1) is 6.92 Å². The molecule has 92 valence electrons. The highest BCUT2D eigenvalue weighted by molar-refractivity contribution is 5.89. The fourth-order valence-corrected chi connectivity index (χ4v) is 1.38. The lowest BCUT2D eigenvalue weighted by molar-refractivity contribution is -0.141. The van der Waals surface area contributed by atoms with Gasteiger partial charge in [-0.05, 0) is 31.5 Å². The van der Waals surface area contributed by atoms with E-state index in [1.807, 2.05) is 6.92 Å². The number of aryl methyl sites for hydroxylation is 1. The fraction of sp³-hybridized carbons (Fsp3) is 0.333. The minimum atomic E-state index is -1.00. The maximum Gasteiger partial charge on any atom is 0.335 e. The van der Waals surface area contributed by atoms with Crippen LogP contribution >= 0.6 is 0 Å². The van der Waals surface area contributed by atoms with Crippen LogP contribution in [-0.2, 0) is 9.53 Å². The topological polar surface area (TPSA) is 75.6 Å². The molecule has 0 saturated carbocycles. The molecule has 0 bridgehead atoms. The van der Waals surface area contributed by atoms with Crippen molar-refractivity contribution < 1.29 is 19.4 Å². The summed E-state index contributed by atoms with van der Waals surface area (Å²) in [5.41, 5.74) is 1.66. The Morgan fingerprint density at radius 1 is 1.41 bits per heavy atom. The summed E-state index contributed by atoms with van der Waals surface area (Å²) in [5, 5.41) is 11.8. The van der Waals surface area contributed by atoms with Gasteiger partial charge in [-0.25, -0.2) is 9.59 Å².